The second kappa shape index (κ2) is 8.51. The number of ether oxygens (including phenoxy) is 2. The summed E-state index contributed by atoms with van der Waals surface area (Å²) in [6, 6.07) is 8.48. The number of thioether (sulfide) groups is 1. The number of benzene rings is 1. The average molecular weight is 398 g/mol. The molecule has 144 valence electrons. The van der Waals surface area contributed by atoms with E-state index in [0.29, 0.717) is 17.0 Å². The Bertz CT molecular complexity index is 778. The smallest absolute Gasteiger partial charge is 0.473 e. The van der Waals surface area contributed by atoms with E-state index in [2.05, 4.69) is 15.0 Å². The molecule has 2 heterocycles. The van der Waals surface area contributed by atoms with E-state index in [0.717, 1.165) is 17.9 Å². The molecule has 1 aromatic heterocycles. The molecule has 0 aliphatic carbocycles. The van der Waals surface area contributed by atoms with Gasteiger partial charge in [-0.2, -0.15) is 11.8 Å². The van der Waals surface area contributed by atoms with Crippen molar-refractivity contribution in [2.45, 2.75) is 25.4 Å². The summed E-state index contributed by atoms with van der Waals surface area (Å²) in [4.78, 5) is 16.4. The molecule has 0 bridgehead atoms. The molecule has 9 heteroatoms. The normalized spacial score (nSPS) is 16.8. The van der Waals surface area contributed by atoms with Crippen LogP contribution in [-0.4, -0.2) is 34.9 Å². The van der Waals surface area contributed by atoms with E-state index in [1.165, 1.54) is 30.5 Å². The van der Waals surface area contributed by atoms with Crippen molar-refractivity contribution in [2.75, 3.05) is 11.5 Å². The first-order chi connectivity index (χ1) is 12.9. The molecular formula is C18H17F3N2O3S. The van der Waals surface area contributed by atoms with Crippen LogP contribution in [0.25, 0.3) is 0 Å². The standard InChI is InChI=1S/C18H17F3N2O3S/c19-18(20,21)26-14-3-1-12(2-4-14)10-23-17(24)13-5-7-22-16(9-13)25-15-6-8-27-11-15/h1-5,7,9,15H,6,8,10-11H2,(H,23,24). The Morgan fingerprint density at radius 1 is 1.26 bits per heavy atom. The van der Waals surface area contributed by atoms with Crippen LogP contribution in [0.2, 0.25) is 0 Å². The summed E-state index contributed by atoms with van der Waals surface area (Å²) in [6.07, 6.45) is -2.15. The zero-order valence-corrected chi connectivity index (χ0v) is 15.0. The second-order valence-electron chi connectivity index (χ2n) is 5.86. The van der Waals surface area contributed by atoms with Crippen LogP contribution >= 0.6 is 11.8 Å². The molecule has 1 saturated heterocycles. The topological polar surface area (TPSA) is 60.5 Å². The molecule has 5 nitrogen and oxygen atoms in total. The minimum absolute atomic E-state index is 0.109. The molecule has 1 fully saturated rings. The maximum Gasteiger partial charge on any atom is 0.573 e. The summed E-state index contributed by atoms with van der Waals surface area (Å²) in [6.45, 7) is 0.170. The maximum atomic E-state index is 12.3. The van der Waals surface area contributed by atoms with E-state index in [4.69, 9.17) is 4.74 Å². The summed E-state index contributed by atoms with van der Waals surface area (Å²) in [5.74, 6) is 1.74. The maximum absolute atomic E-state index is 12.3. The number of alkyl halides is 3. The lowest BCUT2D eigenvalue weighted by Gasteiger charge is -2.12. The second-order valence-corrected chi connectivity index (χ2v) is 7.01. The predicted molar refractivity (Wildman–Crippen MR) is 94.9 cm³/mol. The van der Waals surface area contributed by atoms with Crippen molar-refractivity contribution in [3.05, 3.63) is 53.7 Å². The third-order valence-electron chi connectivity index (χ3n) is 3.78. The van der Waals surface area contributed by atoms with Gasteiger partial charge in [0.25, 0.3) is 5.91 Å². The van der Waals surface area contributed by atoms with Gasteiger partial charge in [-0.25, -0.2) is 4.98 Å². The van der Waals surface area contributed by atoms with Crippen molar-refractivity contribution < 1.29 is 27.4 Å². The lowest BCUT2D eigenvalue weighted by molar-refractivity contribution is -0.274. The monoisotopic (exact) mass is 398 g/mol. The average Bonchev–Trinajstić information content (AvgIpc) is 3.13. The van der Waals surface area contributed by atoms with Crippen molar-refractivity contribution in [1.82, 2.24) is 10.3 Å². The zero-order valence-electron chi connectivity index (χ0n) is 14.2. The predicted octanol–water partition coefficient (Wildman–Crippen LogP) is 3.79. The number of rotatable bonds is 6. The Morgan fingerprint density at radius 3 is 2.70 bits per heavy atom. The van der Waals surface area contributed by atoms with Crippen LogP contribution in [0.15, 0.2) is 42.6 Å². The van der Waals surface area contributed by atoms with E-state index in [1.54, 1.807) is 12.1 Å². The van der Waals surface area contributed by atoms with E-state index in [1.807, 2.05) is 11.8 Å². The molecule has 0 radical (unpaired) electrons. The van der Waals surface area contributed by atoms with Crippen molar-refractivity contribution in [2.24, 2.45) is 0 Å². The minimum atomic E-state index is -4.73. The molecule has 1 aliphatic heterocycles. The van der Waals surface area contributed by atoms with E-state index < -0.39 is 6.36 Å². The number of pyridine rings is 1. The van der Waals surface area contributed by atoms with E-state index in [9.17, 15) is 18.0 Å². The highest BCUT2D eigenvalue weighted by atomic mass is 32.2. The molecule has 0 spiro atoms. The van der Waals surface area contributed by atoms with Gasteiger partial charge in [0.1, 0.15) is 11.9 Å². The Labute approximate surface area is 158 Å². The summed E-state index contributed by atoms with van der Waals surface area (Å²) in [7, 11) is 0. The van der Waals surface area contributed by atoms with Gasteiger partial charge in [0, 0.05) is 30.1 Å². The fraction of sp³-hybridized carbons (Fsp3) is 0.333. The van der Waals surface area contributed by atoms with E-state index in [-0.39, 0.29) is 24.3 Å². The SMILES string of the molecule is O=C(NCc1ccc(OC(F)(F)F)cc1)c1ccnc(OC2CCSC2)c1. The molecule has 1 aromatic carbocycles. The van der Waals surface area contributed by atoms with Gasteiger partial charge in [-0.05, 0) is 35.9 Å². The molecular weight excluding hydrogens is 381 g/mol. The molecule has 2 aromatic rings. The van der Waals surface area contributed by atoms with Gasteiger partial charge in [0.15, 0.2) is 0 Å². The summed E-state index contributed by atoms with van der Waals surface area (Å²) in [5, 5.41) is 2.71. The van der Waals surface area contributed by atoms with Gasteiger partial charge in [0.05, 0.1) is 0 Å². The van der Waals surface area contributed by atoms with Crippen molar-refractivity contribution in [3.63, 3.8) is 0 Å². The summed E-state index contributed by atoms with van der Waals surface area (Å²) >= 11 is 1.82. The van der Waals surface area contributed by atoms with Gasteiger partial charge in [-0.1, -0.05) is 12.1 Å². The molecule has 1 aliphatic rings. The molecule has 0 saturated carbocycles. The van der Waals surface area contributed by atoms with Crippen LogP contribution in [0.1, 0.15) is 22.3 Å². The van der Waals surface area contributed by atoms with Crippen LogP contribution < -0.4 is 14.8 Å². The zero-order chi connectivity index (χ0) is 19.3. The summed E-state index contributed by atoms with van der Waals surface area (Å²) in [5.41, 5.74) is 1.05. The number of carbonyl (C=O) groups is 1. The number of hydrogen-bond acceptors (Lipinski definition) is 5. The molecule has 27 heavy (non-hydrogen) atoms. The third kappa shape index (κ3) is 6.06. The fourth-order valence-electron chi connectivity index (χ4n) is 2.49. The Morgan fingerprint density at radius 2 is 2.04 bits per heavy atom. The number of halogens is 3. The fourth-order valence-corrected chi connectivity index (χ4v) is 3.58. The van der Waals surface area contributed by atoms with Crippen molar-refractivity contribution in [1.29, 1.82) is 0 Å². The van der Waals surface area contributed by atoms with Gasteiger partial charge in [-0.15, -0.1) is 13.2 Å². The lowest BCUT2D eigenvalue weighted by atomic mass is 10.2. The highest BCUT2D eigenvalue weighted by Gasteiger charge is 2.30. The van der Waals surface area contributed by atoms with Crippen LogP contribution in [-0.2, 0) is 6.54 Å². The first-order valence-corrected chi connectivity index (χ1v) is 9.38. The number of hydrogen-bond donors (Lipinski definition) is 1. The summed E-state index contributed by atoms with van der Waals surface area (Å²) < 4.78 is 46.0. The largest absolute Gasteiger partial charge is 0.573 e. The van der Waals surface area contributed by atoms with Crippen LogP contribution in [0.3, 0.4) is 0 Å². The van der Waals surface area contributed by atoms with Crippen molar-refractivity contribution in [3.8, 4) is 11.6 Å². The van der Waals surface area contributed by atoms with Crippen LogP contribution in [0, 0.1) is 0 Å². The molecule has 1 unspecified atom stereocenters. The Kier molecular flexibility index (Phi) is 6.10. The number of carbonyl (C=O) groups excluding carboxylic acids is 1. The first-order valence-electron chi connectivity index (χ1n) is 8.22. The van der Waals surface area contributed by atoms with Crippen molar-refractivity contribution >= 4 is 17.7 Å². The first kappa shape index (κ1) is 19.3. The minimum Gasteiger partial charge on any atom is -0.473 e. The third-order valence-corrected chi connectivity index (χ3v) is 4.91. The molecule has 1 atom stereocenters. The van der Waals surface area contributed by atoms with Crippen LogP contribution in [0.4, 0.5) is 13.2 Å². The lowest BCUT2D eigenvalue weighted by Crippen LogP contribution is -2.23. The highest BCUT2D eigenvalue weighted by Crippen LogP contribution is 2.23. The number of nitrogens with one attached hydrogen (secondary N) is 1. The quantitative estimate of drug-likeness (QED) is 0.802. The molecule has 3 rings (SSSR count). The molecule has 1 N–H and O–H groups in total. The van der Waals surface area contributed by atoms with Gasteiger partial charge in [-0.3, -0.25) is 4.79 Å². The Balaban J connectivity index is 1.54. The van der Waals surface area contributed by atoms with Crippen LogP contribution in [0.5, 0.6) is 11.6 Å². The number of amides is 1. The van der Waals surface area contributed by atoms with Gasteiger partial charge in [0.2, 0.25) is 5.88 Å². The van der Waals surface area contributed by atoms with E-state index >= 15 is 0 Å². The number of aromatic nitrogens is 1. The number of nitrogens with zero attached hydrogens (tertiary/aromatic N) is 1. The van der Waals surface area contributed by atoms with Gasteiger partial charge < -0.3 is 14.8 Å². The Hall–Kier alpha value is -2.42. The van der Waals surface area contributed by atoms with Gasteiger partial charge >= 0.3 is 6.36 Å². The highest BCUT2D eigenvalue weighted by molar-refractivity contribution is 7.99. The molecule has 1 amide bonds.